The Balaban J connectivity index is 1.66. The molecule has 2 atom stereocenters. The fourth-order valence-electron chi connectivity index (χ4n) is 3.28. The first kappa shape index (κ1) is 19.4. The fourth-order valence-corrected chi connectivity index (χ4v) is 4.38. The Kier molecular flexibility index (Phi) is 5.27. The van der Waals surface area contributed by atoms with Crippen LogP contribution in [0.4, 0.5) is 10.1 Å². The number of fused-ring (bicyclic) bond motifs is 1. The molecule has 0 saturated carbocycles. The average Bonchev–Trinajstić information content (AvgIpc) is 3.12. The molecule has 0 bridgehead atoms. The van der Waals surface area contributed by atoms with Gasteiger partial charge in [0.1, 0.15) is 11.1 Å². The molecule has 2 N–H and O–H groups in total. The third kappa shape index (κ3) is 3.85. The second-order valence-electron chi connectivity index (χ2n) is 7.07. The molecule has 150 valence electrons. The number of nitrogens with one attached hydrogen (secondary N) is 2. The number of hydrogen-bond donors (Lipinski definition) is 2. The minimum absolute atomic E-state index is 0.146. The van der Waals surface area contributed by atoms with E-state index in [1.807, 2.05) is 43.6 Å². The van der Waals surface area contributed by atoms with E-state index in [9.17, 15) is 9.18 Å². The van der Waals surface area contributed by atoms with Crippen LogP contribution >= 0.6 is 11.8 Å². The van der Waals surface area contributed by atoms with Crippen molar-refractivity contribution < 1.29 is 9.18 Å². The zero-order valence-electron chi connectivity index (χ0n) is 16.4. The largest absolute Gasteiger partial charge is 0.325 e. The second-order valence-corrected chi connectivity index (χ2v) is 8.18. The number of aromatic nitrogens is 3. The molecule has 2 heterocycles. The highest BCUT2D eigenvalue weighted by atomic mass is 32.2. The normalized spacial score (nSPS) is 18.1. The number of benzene rings is 2. The number of carbonyl (C=O) groups excluding carboxylic acids is 1. The van der Waals surface area contributed by atoms with Gasteiger partial charge in [0.25, 0.3) is 0 Å². The van der Waals surface area contributed by atoms with Gasteiger partial charge in [-0.05, 0) is 54.8 Å². The lowest BCUT2D eigenvalue weighted by molar-refractivity contribution is -0.116. The Bertz CT molecular complexity index is 1050. The van der Waals surface area contributed by atoms with Crippen LogP contribution in [0.15, 0.2) is 47.6 Å². The number of hydrogen-bond acceptors (Lipinski definition) is 5. The molecule has 1 aliphatic heterocycles. The molecule has 3 aromatic rings. The molecular formula is C21H22FN5OS. The highest BCUT2D eigenvalue weighted by Gasteiger charge is 2.37. The molecule has 2 aromatic carbocycles. The maximum atomic E-state index is 13.4. The Morgan fingerprint density at radius 1 is 1.17 bits per heavy atom. The zero-order valence-corrected chi connectivity index (χ0v) is 17.3. The van der Waals surface area contributed by atoms with Gasteiger partial charge < -0.3 is 10.7 Å². The summed E-state index contributed by atoms with van der Waals surface area (Å²) < 4.78 is 15.3. The van der Waals surface area contributed by atoms with E-state index in [2.05, 4.69) is 20.9 Å². The molecular weight excluding hydrogens is 389 g/mol. The van der Waals surface area contributed by atoms with Crippen LogP contribution < -0.4 is 10.7 Å². The minimum atomic E-state index is -0.497. The van der Waals surface area contributed by atoms with E-state index in [4.69, 9.17) is 0 Å². The molecule has 4 rings (SSSR count). The number of carbonyl (C=O) groups is 1. The number of nitrogens with zero attached hydrogens (tertiary/aromatic N) is 3. The average molecular weight is 412 g/mol. The first-order chi connectivity index (χ1) is 14.0. The molecule has 0 saturated heterocycles. The summed E-state index contributed by atoms with van der Waals surface area (Å²) in [7, 11) is 0. The van der Waals surface area contributed by atoms with Gasteiger partial charge in [-0.25, -0.2) is 9.07 Å². The van der Waals surface area contributed by atoms with Crippen LogP contribution in [0.25, 0.3) is 0 Å². The molecule has 0 unspecified atom stereocenters. The number of rotatable bonds is 4. The first-order valence-electron chi connectivity index (χ1n) is 9.47. The summed E-state index contributed by atoms with van der Waals surface area (Å²) in [5.74, 6) is 0.326. The van der Waals surface area contributed by atoms with E-state index in [1.165, 1.54) is 29.5 Å². The van der Waals surface area contributed by atoms with Crippen LogP contribution in [-0.4, -0.2) is 26.0 Å². The van der Waals surface area contributed by atoms with Gasteiger partial charge in [0, 0.05) is 12.1 Å². The van der Waals surface area contributed by atoms with Gasteiger partial charge in [-0.2, -0.15) is 0 Å². The van der Waals surface area contributed by atoms with Crippen molar-refractivity contribution in [2.75, 3.05) is 10.7 Å². The molecule has 0 spiro atoms. The van der Waals surface area contributed by atoms with E-state index < -0.39 is 5.25 Å². The van der Waals surface area contributed by atoms with Gasteiger partial charge in [-0.1, -0.05) is 36.9 Å². The molecule has 8 heteroatoms. The predicted molar refractivity (Wildman–Crippen MR) is 112 cm³/mol. The molecule has 0 radical (unpaired) electrons. The van der Waals surface area contributed by atoms with Gasteiger partial charge in [0.05, 0.1) is 6.04 Å². The monoisotopic (exact) mass is 411 g/mol. The van der Waals surface area contributed by atoms with Crippen LogP contribution in [0.3, 0.4) is 0 Å². The van der Waals surface area contributed by atoms with E-state index in [1.54, 1.807) is 12.1 Å². The van der Waals surface area contributed by atoms with Crippen LogP contribution in [0, 0.1) is 19.7 Å². The Morgan fingerprint density at radius 2 is 1.93 bits per heavy atom. The summed E-state index contributed by atoms with van der Waals surface area (Å²) in [6, 6.07) is 11.7. The summed E-state index contributed by atoms with van der Waals surface area (Å²) >= 11 is 1.36. The molecule has 1 amide bonds. The van der Waals surface area contributed by atoms with Gasteiger partial charge in [-0.15, -0.1) is 10.2 Å². The third-order valence-corrected chi connectivity index (χ3v) is 6.30. The van der Waals surface area contributed by atoms with Crippen molar-refractivity contribution in [3.8, 4) is 0 Å². The van der Waals surface area contributed by atoms with E-state index in [-0.39, 0.29) is 17.8 Å². The quantitative estimate of drug-likeness (QED) is 0.679. The van der Waals surface area contributed by atoms with Gasteiger partial charge in [0.2, 0.25) is 11.1 Å². The molecule has 29 heavy (non-hydrogen) atoms. The molecule has 1 aliphatic rings. The maximum Gasteiger partial charge on any atom is 0.240 e. The predicted octanol–water partition coefficient (Wildman–Crippen LogP) is 3.99. The van der Waals surface area contributed by atoms with E-state index in [0.29, 0.717) is 11.6 Å². The summed E-state index contributed by atoms with van der Waals surface area (Å²) in [4.78, 5) is 13.2. The summed E-state index contributed by atoms with van der Waals surface area (Å²) in [5.41, 5.74) is 7.20. The van der Waals surface area contributed by atoms with Crippen LogP contribution in [-0.2, 0) is 11.2 Å². The minimum Gasteiger partial charge on any atom is -0.325 e. The number of halogens is 1. The Labute approximate surface area is 172 Å². The number of amides is 1. The van der Waals surface area contributed by atoms with Crippen molar-refractivity contribution >= 4 is 23.4 Å². The fraction of sp³-hybridized carbons (Fsp3) is 0.286. The number of thioether (sulfide) groups is 1. The maximum absolute atomic E-state index is 13.4. The van der Waals surface area contributed by atoms with Crippen LogP contribution in [0.2, 0.25) is 0 Å². The first-order valence-corrected chi connectivity index (χ1v) is 10.4. The molecule has 1 aromatic heterocycles. The van der Waals surface area contributed by atoms with E-state index >= 15 is 0 Å². The van der Waals surface area contributed by atoms with Crippen molar-refractivity contribution in [2.45, 2.75) is 43.6 Å². The number of anilines is 1. The molecule has 6 nitrogen and oxygen atoms in total. The van der Waals surface area contributed by atoms with Crippen molar-refractivity contribution in [3.05, 3.63) is 70.8 Å². The standard InChI is InChI=1S/C21H22FN5OS/c1-4-17-24-25-21-27(17)26-18(14-6-8-15(22)9-7-14)19(29-21)20(28)23-16-10-5-12(2)13(3)11-16/h5-11,18-19,26H,4H2,1-3H3,(H,23,28)/t18-,19-/m0/s1. The summed E-state index contributed by atoms with van der Waals surface area (Å²) in [6.45, 7) is 6.04. The van der Waals surface area contributed by atoms with E-state index in [0.717, 1.165) is 22.6 Å². The Hall–Kier alpha value is -2.87. The van der Waals surface area contributed by atoms with Gasteiger partial charge in [-0.3, -0.25) is 4.79 Å². The molecule has 0 fully saturated rings. The molecule has 0 aliphatic carbocycles. The van der Waals surface area contributed by atoms with Crippen molar-refractivity contribution in [2.24, 2.45) is 0 Å². The van der Waals surface area contributed by atoms with Crippen molar-refractivity contribution in [3.63, 3.8) is 0 Å². The second kappa shape index (κ2) is 7.87. The van der Waals surface area contributed by atoms with Gasteiger partial charge >= 0.3 is 0 Å². The zero-order chi connectivity index (χ0) is 20.5. The lowest BCUT2D eigenvalue weighted by Crippen LogP contribution is -2.41. The summed E-state index contributed by atoms with van der Waals surface area (Å²) in [5, 5.41) is 11.6. The highest BCUT2D eigenvalue weighted by Crippen LogP contribution is 2.37. The Morgan fingerprint density at radius 3 is 2.62 bits per heavy atom. The smallest absolute Gasteiger partial charge is 0.240 e. The SMILES string of the molecule is CCc1nnc2n1N[C@@H](c1ccc(F)cc1)[C@@H](C(=O)Nc1ccc(C)c(C)c1)S2. The van der Waals surface area contributed by atoms with Crippen LogP contribution in [0.5, 0.6) is 0 Å². The third-order valence-electron chi connectivity index (χ3n) is 5.08. The summed E-state index contributed by atoms with van der Waals surface area (Å²) in [6.07, 6.45) is 0.705. The lowest BCUT2D eigenvalue weighted by atomic mass is 10.0. The van der Waals surface area contributed by atoms with Crippen molar-refractivity contribution in [1.29, 1.82) is 0 Å². The van der Waals surface area contributed by atoms with Crippen LogP contribution in [0.1, 0.15) is 35.5 Å². The topological polar surface area (TPSA) is 71.8 Å². The van der Waals surface area contributed by atoms with Gasteiger partial charge in [0.15, 0.2) is 5.82 Å². The lowest BCUT2D eigenvalue weighted by Gasteiger charge is -2.33. The highest BCUT2D eigenvalue weighted by molar-refractivity contribution is 8.00. The van der Waals surface area contributed by atoms with Crippen molar-refractivity contribution in [1.82, 2.24) is 14.9 Å². The number of aryl methyl sites for hydroxylation is 3.